The number of fused-ring (bicyclic) bond motifs is 2. The van der Waals surface area contributed by atoms with Crippen LogP contribution >= 0.6 is 11.8 Å². The van der Waals surface area contributed by atoms with E-state index in [0.29, 0.717) is 0 Å². The molecular weight excluding hydrogens is 318 g/mol. The van der Waals surface area contributed by atoms with Crippen LogP contribution in [0.1, 0.15) is 18.9 Å². The van der Waals surface area contributed by atoms with Gasteiger partial charge < -0.3 is 9.88 Å². The fraction of sp³-hybridized carbons (Fsp3) is 0.263. The van der Waals surface area contributed by atoms with Gasteiger partial charge >= 0.3 is 0 Å². The number of hydrogen-bond acceptors (Lipinski definition) is 3. The Hall–Kier alpha value is -2.27. The van der Waals surface area contributed by atoms with Gasteiger partial charge in [-0.3, -0.25) is 4.79 Å². The molecule has 1 atom stereocenters. The van der Waals surface area contributed by atoms with Gasteiger partial charge in [-0.15, -0.1) is 0 Å². The number of benzene rings is 2. The molecular formula is C19H19N3OS. The number of rotatable bonds is 3. The molecule has 0 aliphatic carbocycles. The first kappa shape index (κ1) is 15.3. The summed E-state index contributed by atoms with van der Waals surface area (Å²) in [6, 6.07) is 16.1. The molecule has 1 N–H and O–H groups in total. The molecule has 3 aromatic rings. The Labute approximate surface area is 145 Å². The molecule has 1 unspecified atom stereocenters. The highest BCUT2D eigenvalue weighted by molar-refractivity contribution is 8.00. The van der Waals surface area contributed by atoms with Crippen molar-refractivity contribution in [2.24, 2.45) is 0 Å². The summed E-state index contributed by atoms with van der Waals surface area (Å²) in [7, 11) is 0. The van der Waals surface area contributed by atoms with Gasteiger partial charge in [0.1, 0.15) is 0 Å². The number of aryl methyl sites for hydroxylation is 1. The molecule has 0 radical (unpaired) electrons. The third-order valence-corrected chi connectivity index (χ3v) is 5.35. The molecule has 4 nitrogen and oxygen atoms in total. The van der Waals surface area contributed by atoms with Crippen LogP contribution in [0.5, 0.6) is 0 Å². The molecule has 2 heterocycles. The zero-order valence-corrected chi connectivity index (χ0v) is 14.3. The summed E-state index contributed by atoms with van der Waals surface area (Å²) < 4.78 is 0. The van der Waals surface area contributed by atoms with Crippen molar-refractivity contribution in [1.82, 2.24) is 9.97 Å². The van der Waals surface area contributed by atoms with Crippen LogP contribution in [0, 0.1) is 0 Å². The maximum Gasteiger partial charge on any atom is 0.240 e. The predicted octanol–water partition coefficient (Wildman–Crippen LogP) is 4.02. The maximum absolute atomic E-state index is 12.9. The molecule has 0 saturated heterocycles. The lowest BCUT2D eigenvalue weighted by atomic mass is 10.0. The Morgan fingerprint density at radius 1 is 1.21 bits per heavy atom. The van der Waals surface area contributed by atoms with Crippen LogP contribution in [0.25, 0.3) is 11.0 Å². The quantitative estimate of drug-likeness (QED) is 0.734. The summed E-state index contributed by atoms with van der Waals surface area (Å²) in [5.41, 5.74) is 4.26. The number of amides is 1. The molecule has 1 aliphatic heterocycles. The van der Waals surface area contributed by atoms with Crippen LogP contribution in [-0.2, 0) is 11.2 Å². The Kier molecular flexibility index (Phi) is 4.02. The van der Waals surface area contributed by atoms with Gasteiger partial charge in [0.25, 0.3) is 0 Å². The van der Waals surface area contributed by atoms with Crippen molar-refractivity contribution < 1.29 is 4.79 Å². The zero-order chi connectivity index (χ0) is 16.5. The molecule has 1 aliphatic rings. The van der Waals surface area contributed by atoms with E-state index in [1.807, 2.05) is 54.3 Å². The van der Waals surface area contributed by atoms with Crippen molar-refractivity contribution >= 4 is 34.4 Å². The van der Waals surface area contributed by atoms with E-state index in [0.717, 1.165) is 41.3 Å². The molecule has 24 heavy (non-hydrogen) atoms. The minimum atomic E-state index is -0.184. The summed E-state index contributed by atoms with van der Waals surface area (Å²) in [6.45, 7) is 2.75. The number of aromatic amines is 1. The fourth-order valence-electron chi connectivity index (χ4n) is 3.19. The van der Waals surface area contributed by atoms with E-state index in [1.54, 1.807) is 0 Å². The van der Waals surface area contributed by atoms with Gasteiger partial charge in [-0.25, -0.2) is 4.98 Å². The highest BCUT2D eigenvalue weighted by Gasteiger charge is 2.27. The Bertz CT molecular complexity index is 856. The molecule has 5 heteroatoms. The molecule has 0 fully saturated rings. The van der Waals surface area contributed by atoms with Crippen molar-refractivity contribution in [2.75, 3.05) is 11.4 Å². The Morgan fingerprint density at radius 3 is 2.88 bits per heavy atom. The first-order chi connectivity index (χ1) is 11.7. The third-order valence-electron chi connectivity index (χ3n) is 4.38. The van der Waals surface area contributed by atoms with Crippen LogP contribution < -0.4 is 4.90 Å². The summed E-state index contributed by atoms with van der Waals surface area (Å²) in [4.78, 5) is 22.7. The molecule has 1 aromatic heterocycles. The normalized spacial score (nSPS) is 15.3. The van der Waals surface area contributed by atoms with E-state index in [-0.39, 0.29) is 11.2 Å². The van der Waals surface area contributed by atoms with E-state index < -0.39 is 0 Å². The van der Waals surface area contributed by atoms with Crippen LogP contribution in [0.3, 0.4) is 0 Å². The summed E-state index contributed by atoms with van der Waals surface area (Å²) in [5, 5.41) is 0.610. The van der Waals surface area contributed by atoms with Crippen molar-refractivity contribution in [3.8, 4) is 0 Å². The van der Waals surface area contributed by atoms with E-state index in [9.17, 15) is 4.79 Å². The van der Waals surface area contributed by atoms with Crippen molar-refractivity contribution in [3.63, 3.8) is 0 Å². The summed E-state index contributed by atoms with van der Waals surface area (Å²) in [6.07, 6.45) is 2.07. The zero-order valence-electron chi connectivity index (χ0n) is 13.5. The van der Waals surface area contributed by atoms with Gasteiger partial charge in [0.15, 0.2) is 5.16 Å². The van der Waals surface area contributed by atoms with Crippen LogP contribution in [0.15, 0.2) is 53.7 Å². The summed E-state index contributed by atoms with van der Waals surface area (Å²) >= 11 is 1.49. The average Bonchev–Trinajstić information content (AvgIpc) is 3.02. The van der Waals surface area contributed by atoms with Gasteiger partial charge in [0.05, 0.1) is 16.3 Å². The number of nitrogens with zero attached hydrogens (tertiary/aromatic N) is 2. The smallest absolute Gasteiger partial charge is 0.240 e. The van der Waals surface area contributed by atoms with Crippen molar-refractivity contribution in [2.45, 2.75) is 30.2 Å². The SMILES string of the molecule is CC(Sc1nc2ccccc2[nH]1)C(=O)N1CCCc2ccccc21. The molecule has 0 bridgehead atoms. The number of carbonyl (C=O) groups excluding carboxylic acids is 1. The maximum atomic E-state index is 12.9. The average molecular weight is 337 g/mol. The van der Waals surface area contributed by atoms with Crippen molar-refractivity contribution in [1.29, 1.82) is 0 Å². The minimum Gasteiger partial charge on any atom is -0.333 e. The highest BCUT2D eigenvalue weighted by atomic mass is 32.2. The minimum absolute atomic E-state index is 0.146. The number of imidazole rings is 1. The number of hydrogen-bond donors (Lipinski definition) is 1. The molecule has 4 rings (SSSR count). The predicted molar refractivity (Wildman–Crippen MR) is 98.5 cm³/mol. The summed E-state index contributed by atoms with van der Waals surface area (Å²) in [5.74, 6) is 0.146. The molecule has 122 valence electrons. The van der Waals surface area contributed by atoms with Gasteiger partial charge in [-0.2, -0.15) is 0 Å². The fourth-order valence-corrected chi connectivity index (χ4v) is 4.07. The van der Waals surface area contributed by atoms with Gasteiger partial charge in [0, 0.05) is 12.2 Å². The highest BCUT2D eigenvalue weighted by Crippen LogP contribution is 2.30. The van der Waals surface area contributed by atoms with E-state index in [2.05, 4.69) is 16.0 Å². The molecule has 0 saturated carbocycles. The van der Waals surface area contributed by atoms with Crippen molar-refractivity contribution in [3.05, 3.63) is 54.1 Å². The van der Waals surface area contributed by atoms with Crippen LogP contribution in [-0.4, -0.2) is 27.7 Å². The topological polar surface area (TPSA) is 49.0 Å². The molecule has 0 spiro atoms. The van der Waals surface area contributed by atoms with Crippen LogP contribution in [0.4, 0.5) is 5.69 Å². The van der Waals surface area contributed by atoms with Gasteiger partial charge in [-0.1, -0.05) is 42.1 Å². The van der Waals surface area contributed by atoms with E-state index >= 15 is 0 Å². The third kappa shape index (κ3) is 2.80. The molecule has 2 aromatic carbocycles. The largest absolute Gasteiger partial charge is 0.333 e. The van der Waals surface area contributed by atoms with Gasteiger partial charge in [-0.05, 0) is 43.5 Å². The standard InChI is InChI=1S/C19H19N3OS/c1-13(24-19-20-15-9-3-4-10-16(15)21-19)18(23)22-12-6-8-14-7-2-5-11-17(14)22/h2-5,7,9-11,13H,6,8,12H2,1H3,(H,20,21). The van der Waals surface area contributed by atoms with Crippen LogP contribution in [0.2, 0.25) is 0 Å². The number of aromatic nitrogens is 2. The first-order valence-corrected chi connectivity index (χ1v) is 9.11. The number of carbonyl (C=O) groups is 1. The first-order valence-electron chi connectivity index (χ1n) is 8.23. The monoisotopic (exact) mass is 337 g/mol. The second kappa shape index (κ2) is 6.32. The van der Waals surface area contributed by atoms with E-state index in [1.165, 1.54) is 17.3 Å². The van der Waals surface area contributed by atoms with Gasteiger partial charge in [0.2, 0.25) is 5.91 Å². The Morgan fingerprint density at radius 2 is 2.00 bits per heavy atom. The van der Waals surface area contributed by atoms with E-state index in [4.69, 9.17) is 0 Å². The number of thioether (sulfide) groups is 1. The number of anilines is 1. The lowest BCUT2D eigenvalue weighted by molar-refractivity contribution is -0.117. The number of nitrogens with one attached hydrogen (secondary N) is 1. The second-order valence-electron chi connectivity index (χ2n) is 6.04. The number of H-pyrrole nitrogens is 1. The second-order valence-corrected chi connectivity index (χ2v) is 7.37. The number of para-hydroxylation sites is 3. The lowest BCUT2D eigenvalue weighted by Gasteiger charge is -2.31. The lowest BCUT2D eigenvalue weighted by Crippen LogP contribution is -2.40. The molecule has 1 amide bonds. The Balaban J connectivity index is 1.54.